The minimum absolute atomic E-state index is 0.114. The molecule has 0 aliphatic carbocycles. The van der Waals surface area contributed by atoms with Crippen LogP contribution in [0.4, 0.5) is 17.6 Å². The third kappa shape index (κ3) is 3.37. The Bertz CT molecular complexity index is 596. The number of nitrogens with zero attached hydrogens (tertiary/aromatic N) is 1. The van der Waals surface area contributed by atoms with E-state index in [4.69, 9.17) is 4.74 Å². The molecule has 106 valence electrons. The summed E-state index contributed by atoms with van der Waals surface area (Å²) < 4.78 is 58.2. The van der Waals surface area contributed by atoms with Gasteiger partial charge in [-0.25, -0.2) is 0 Å². The van der Waals surface area contributed by atoms with Crippen molar-refractivity contribution in [3.8, 4) is 22.8 Å². The molecule has 0 N–H and O–H groups in total. The van der Waals surface area contributed by atoms with Crippen molar-refractivity contribution in [3.05, 3.63) is 42.3 Å². The minimum Gasteiger partial charge on any atom is -0.481 e. The third-order valence-electron chi connectivity index (χ3n) is 2.43. The highest BCUT2D eigenvalue weighted by Gasteiger charge is 2.30. The van der Waals surface area contributed by atoms with Gasteiger partial charge in [0.25, 0.3) is 0 Å². The zero-order valence-electron chi connectivity index (χ0n) is 10.2. The molecule has 0 bridgehead atoms. The number of aromatic nitrogens is 1. The maximum absolute atomic E-state index is 13.7. The predicted molar refractivity (Wildman–Crippen MR) is 62.9 cm³/mol. The van der Waals surface area contributed by atoms with Gasteiger partial charge in [-0.2, -0.15) is 9.37 Å². The summed E-state index contributed by atoms with van der Waals surface area (Å²) in [4.78, 5) is 3.55. The molecular weight excluding hydrogens is 278 g/mol. The molecule has 3 nitrogen and oxygen atoms in total. The number of halogens is 4. The van der Waals surface area contributed by atoms with Crippen LogP contribution < -0.4 is 9.47 Å². The maximum Gasteiger partial charge on any atom is 0.573 e. The van der Waals surface area contributed by atoms with Gasteiger partial charge in [0, 0.05) is 11.6 Å². The van der Waals surface area contributed by atoms with Crippen LogP contribution in [-0.2, 0) is 0 Å². The Morgan fingerprint density at radius 3 is 2.15 bits per heavy atom. The Hall–Kier alpha value is -2.31. The van der Waals surface area contributed by atoms with Crippen LogP contribution in [0.1, 0.15) is 0 Å². The van der Waals surface area contributed by atoms with Gasteiger partial charge < -0.3 is 9.47 Å². The van der Waals surface area contributed by atoms with Crippen molar-refractivity contribution < 1.29 is 27.0 Å². The van der Waals surface area contributed by atoms with Gasteiger partial charge >= 0.3 is 6.36 Å². The van der Waals surface area contributed by atoms with E-state index in [1.54, 1.807) is 0 Å². The Morgan fingerprint density at radius 1 is 1.00 bits per heavy atom. The summed E-state index contributed by atoms with van der Waals surface area (Å²) in [6, 6.07) is 7.72. The lowest BCUT2D eigenvalue weighted by Gasteiger charge is -2.09. The van der Waals surface area contributed by atoms with Crippen LogP contribution in [0, 0.1) is 5.95 Å². The average Bonchev–Trinajstić information content (AvgIpc) is 2.38. The molecule has 0 radical (unpaired) electrons. The molecule has 20 heavy (non-hydrogen) atoms. The Morgan fingerprint density at radius 2 is 1.65 bits per heavy atom. The summed E-state index contributed by atoms with van der Waals surface area (Å²) in [5.41, 5.74) is 0.538. The molecule has 0 saturated carbocycles. The Labute approximate surface area is 111 Å². The molecule has 0 fully saturated rings. The van der Waals surface area contributed by atoms with Crippen LogP contribution >= 0.6 is 0 Å². The van der Waals surface area contributed by atoms with Gasteiger partial charge in [-0.1, -0.05) is 12.1 Å². The first-order chi connectivity index (χ1) is 9.39. The predicted octanol–water partition coefficient (Wildman–Crippen LogP) is 3.79. The topological polar surface area (TPSA) is 31.4 Å². The van der Waals surface area contributed by atoms with Crippen molar-refractivity contribution in [2.24, 2.45) is 0 Å². The molecule has 0 unspecified atom stereocenters. The van der Waals surface area contributed by atoms with Gasteiger partial charge in [0.15, 0.2) is 0 Å². The quantitative estimate of drug-likeness (QED) is 0.635. The summed E-state index contributed by atoms with van der Waals surface area (Å²) in [7, 11) is 1.35. The number of ether oxygens (including phenoxy) is 2. The molecule has 1 heterocycles. The lowest BCUT2D eigenvalue weighted by atomic mass is 10.1. The highest BCUT2D eigenvalue weighted by atomic mass is 19.4. The van der Waals surface area contributed by atoms with E-state index in [-0.39, 0.29) is 17.2 Å². The second-order valence-electron chi connectivity index (χ2n) is 3.76. The summed E-state index contributed by atoms with van der Waals surface area (Å²) in [5.74, 6) is -1.03. The van der Waals surface area contributed by atoms with Crippen LogP contribution in [0.25, 0.3) is 11.1 Å². The van der Waals surface area contributed by atoms with E-state index in [1.165, 1.54) is 31.4 Å². The van der Waals surface area contributed by atoms with Crippen LogP contribution in [-0.4, -0.2) is 18.5 Å². The van der Waals surface area contributed by atoms with E-state index >= 15 is 0 Å². The molecule has 2 rings (SSSR count). The van der Waals surface area contributed by atoms with Crippen molar-refractivity contribution in [1.29, 1.82) is 0 Å². The van der Waals surface area contributed by atoms with Crippen molar-refractivity contribution in [2.75, 3.05) is 7.11 Å². The number of hydrogen-bond donors (Lipinski definition) is 0. The van der Waals surface area contributed by atoms with Gasteiger partial charge in [-0.15, -0.1) is 13.2 Å². The second-order valence-corrected chi connectivity index (χ2v) is 3.76. The molecular formula is C13H9F4NO2. The summed E-state index contributed by atoms with van der Waals surface area (Å²) in [6.45, 7) is 0. The van der Waals surface area contributed by atoms with Gasteiger partial charge in [-0.3, -0.25) is 0 Å². The normalized spacial score (nSPS) is 11.2. The van der Waals surface area contributed by atoms with E-state index in [9.17, 15) is 17.6 Å². The number of benzene rings is 1. The summed E-state index contributed by atoms with van der Waals surface area (Å²) in [5, 5.41) is 0. The fourth-order valence-corrected chi connectivity index (χ4v) is 1.58. The van der Waals surface area contributed by atoms with E-state index in [2.05, 4.69) is 9.72 Å². The summed E-state index contributed by atoms with van der Waals surface area (Å²) >= 11 is 0. The van der Waals surface area contributed by atoms with Crippen molar-refractivity contribution in [3.63, 3.8) is 0 Å². The molecule has 1 aromatic carbocycles. The Balaban J connectivity index is 2.26. The number of hydrogen-bond acceptors (Lipinski definition) is 3. The molecule has 7 heteroatoms. The second kappa shape index (κ2) is 5.36. The van der Waals surface area contributed by atoms with Gasteiger partial charge in [0.1, 0.15) is 5.75 Å². The number of pyridine rings is 1. The van der Waals surface area contributed by atoms with E-state index < -0.39 is 12.3 Å². The van der Waals surface area contributed by atoms with Crippen molar-refractivity contribution >= 4 is 0 Å². The first-order valence-corrected chi connectivity index (χ1v) is 5.46. The minimum atomic E-state index is -4.76. The SMILES string of the molecule is COc1ccc(-c2ccc(OC(F)(F)F)cc2)c(F)n1. The fourth-order valence-electron chi connectivity index (χ4n) is 1.58. The average molecular weight is 287 g/mol. The summed E-state index contributed by atoms with van der Waals surface area (Å²) in [6.07, 6.45) is -4.76. The maximum atomic E-state index is 13.7. The van der Waals surface area contributed by atoms with Gasteiger partial charge in [-0.05, 0) is 23.8 Å². The van der Waals surface area contributed by atoms with Crippen LogP contribution in [0.3, 0.4) is 0 Å². The number of alkyl halides is 3. The van der Waals surface area contributed by atoms with Crippen LogP contribution in [0.15, 0.2) is 36.4 Å². The van der Waals surface area contributed by atoms with Gasteiger partial charge in [0.05, 0.1) is 7.11 Å². The van der Waals surface area contributed by atoms with Crippen LogP contribution in [0.5, 0.6) is 11.6 Å². The van der Waals surface area contributed by atoms with Crippen molar-refractivity contribution in [2.45, 2.75) is 6.36 Å². The lowest BCUT2D eigenvalue weighted by molar-refractivity contribution is -0.274. The molecule has 0 saturated heterocycles. The Kier molecular flexibility index (Phi) is 3.78. The van der Waals surface area contributed by atoms with E-state index in [1.807, 2.05) is 0 Å². The molecule has 0 aliphatic rings. The molecule has 0 atom stereocenters. The highest BCUT2D eigenvalue weighted by molar-refractivity contribution is 5.64. The smallest absolute Gasteiger partial charge is 0.481 e. The van der Waals surface area contributed by atoms with Gasteiger partial charge in [0.2, 0.25) is 11.8 Å². The third-order valence-corrected chi connectivity index (χ3v) is 2.43. The first-order valence-electron chi connectivity index (χ1n) is 5.46. The monoisotopic (exact) mass is 287 g/mol. The molecule has 2 aromatic rings. The van der Waals surface area contributed by atoms with E-state index in [0.29, 0.717) is 5.56 Å². The zero-order valence-corrected chi connectivity index (χ0v) is 10.2. The number of rotatable bonds is 3. The highest BCUT2D eigenvalue weighted by Crippen LogP contribution is 2.28. The number of methoxy groups -OCH3 is 1. The molecule has 0 amide bonds. The zero-order chi connectivity index (χ0) is 14.8. The molecule has 0 spiro atoms. The molecule has 0 aliphatic heterocycles. The van der Waals surface area contributed by atoms with Crippen molar-refractivity contribution in [1.82, 2.24) is 4.98 Å². The first kappa shape index (κ1) is 14.1. The fraction of sp³-hybridized carbons (Fsp3) is 0.154. The largest absolute Gasteiger partial charge is 0.573 e. The standard InChI is InChI=1S/C13H9F4NO2/c1-19-11-7-6-10(12(14)18-11)8-2-4-9(5-3-8)20-13(15,16)17/h2-7H,1H3. The van der Waals surface area contributed by atoms with E-state index in [0.717, 1.165) is 12.1 Å². The molecule has 1 aromatic heterocycles. The van der Waals surface area contributed by atoms with Crippen LogP contribution in [0.2, 0.25) is 0 Å². The lowest BCUT2D eigenvalue weighted by Crippen LogP contribution is -2.16.